The Kier molecular flexibility index (Phi) is 10.7. The second kappa shape index (κ2) is 11.4. The number of ether oxygens (including phenoxy) is 1. The summed E-state index contributed by atoms with van der Waals surface area (Å²) in [6.45, 7) is 2.28. The molecule has 17 heavy (non-hydrogen) atoms. The number of rotatable bonds is 11. The molecule has 4 nitrogen and oxygen atoms in total. The van der Waals surface area contributed by atoms with Crippen molar-refractivity contribution in [3.05, 3.63) is 0 Å². The Morgan fingerprint density at radius 2 is 1.35 bits per heavy atom. The number of hydrogen-bond donors (Lipinski definition) is 1. The Labute approximate surface area is 103 Å². The quantitative estimate of drug-likeness (QED) is 0.448. The van der Waals surface area contributed by atoms with Crippen LogP contribution in [0.2, 0.25) is 0 Å². The second-order valence-corrected chi connectivity index (χ2v) is 4.17. The second-order valence-electron chi connectivity index (χ2n) is 4.17. The Balaban J connectivity index is 3.08. The minimum Gasteiger partial charge on any atom is -0.481 e. The highest BCUT2D eigenvalue weighted by atomic mass is 16.5. The average molecular weight is 244 g/mol. The first-order valence-electron chi connectivity index (χ1n) is 6.54. The van der Waals surface area contributed by atoms with E-state index in [1.165, 1.54) is 0 Å². The number of carbonyl (C=O) groups excluding carboxylic acids is 1. The van der Waals surface area contributed by atoms with E-state index in [0.717, 1.165) is 44.9 Å². The number of aliphatic carboxylic acids is 1. The molecular weight excluding hydrogens is 220 g/mol. The lowest BCUT2D eigenvalue weighted by atomic mass is 10.1. The van der Waals surface area contributed by atoms with Crippen LogP contribution in [-0.4, -0.2) is 23.7 Å². The van der Waals surface area contributed by atoms with Crippen LogP contribution in [0, 0.1) is 0 Å². The van der Waals surface area contributed by atoms with Crippen LogP contribution < -0.4 is 0 Å². The van der Waals surface area contributed by atoms with Gasteiger partial charge in [-0.05, 0) is 19.8 Å². The lowest BCUT2D eigenvalue weighted by molar-refractivity contribution is -0.143. The average Bonchev–Trinajstić information content (AvgIpc) is 2.27. The van der Waals surface area contributed by atoms with Gasteiger partial charge in [0.1, 0.15) is 0 Å². The first-order chi connectivity index (χ1) is 8.16. The SMILES string of the molecule is CCOC(=O)CCCCCCCCCC(=O)O. The molecule has 0 heterocycles. The molecule has 1 N–H and O–H groups in total. The number of esters is 1. The molecule has 0 radical (unpaired) electrons. The van der Waals surface area contributed by atoms with E-state index in [2.05, 4.69) is 0 Å². The van der Waals surface area contributed by atoms with Crippen molar-refractivity contribution in [2.75, 3.05) is 6.61 Å². The molecule has 0 bridgehead atoms. The monoisotopic (exact) mass is 244 g/mol. The largest absolute Gasteiger partial charge is 0.481 e. The molecule has 0 spiro atoms. The minimum atomic E-state index is -0.709. The predicted octanol–water partition coefficient (Wildman–Crippen LogP) is 3.15. The fourth-order valence-electron chi connectivity index (χ4n) is 1.66. The van der Waals surface area contributed by atoms with Gasteiger partial charge in [-0.25, -0.2) is 0 Å². The molecule has 0 saturated carbocycles. The van der Waals surface area contributed by atoms with Crippen molar-refractivity contribution in [2.24, 2.45) is 0 Å². The lowest BCUT2D eigenvalue weighted by Crippen LogP contribution is -2.03. The Hall–Kier alpha value is -1.06. The number of carboxylic acid groups (broad SMARTS) is 1. The third-order valence-electron chi connectivity index (χ3n) is 2.58. The first kappa shape index (κ1) is 15.9. The Bertz CT molecular complexity index is 213. The van der Waals surface area contributed by atoms with Gasteiger partial charge in [0.25, 0.3) is 0 Å². The topological polar surface area (TPSA) is 63.6 Å². The van der Waals surface area contributed by atoms with Crippen LogP contribution in [0.25, 0.3) is 0 Å². The van der Waals surface area contributed by atoms with Gasteiger partial charge in [-0.15, -0.1) is 0 Å². The fourth-order valence-corrected chi connectivity index (χ4v) is 1.66. The van der Waals surface area contributed by atoms with Crippen molar-refractivity contribution in [3.8, 4) is 0 Å². The third kappa shape index (κ3) is 12.9. The number of unbranched alkanes of at least 4 members (excludes halogenated alkanes) is 6. The molecule has 0 aliphatic carbocycles. The van der Waals surface area contributed by atoms with Gasteiger partial charge in [-0.3, -0.25) is 9.59 Å². The van der Waals surface area contributed by atoms with Crippen molar-refractivity contribution in [1.82, 2.24) is 0 Å². The van der Waals surface area contributed by atoms with Crippen molar-refractivity contribution < 1.29 is 19.4 Å². The zero-order valence-corrected chi connectivity index (χ0v) is 10.7. The van der Waals surface area contributed by atoms with E-state index in [1.54, 1.807) is 0 Å². The van der Waals surface area contributed by atoms with Gasteiger partial charge < -0.3 is 9.84 Å². The molecule has 0 unspecified atom stereocenters. The normalized spacial score (nSPS) is 10.2. The fraction of sp³-hybridized carbons (Fsp3) is 0.846. The van der Waals surface area contributed by atoms with Gasteiger partial charge in [0.15, 0.2) is 0 Å². The van der Waals surface area contributed by atoms with Crippen LogP contribution in [0.5, 0.6) is 0 Å². The van der Waals surface area contributed by atoms with E-state index in [4.69, 9.17) is 9.84 Å². The molecule has 0 amide bonds. The van der Waals surface area contributed by atoms with Crippen molar-refractivity contribution in [1.29, 1.82) is 0 Å². The zero-order valence-electron chi connectivity index (χ0n) is 10.7. The highest BCUT2D eigenvalue weighted by molar-refractivity contribution is 5.69. The smallest absolute Gasteiger partial charge is 0.305 e. The number of carbonyl (C=O) groups is 2. The lowest BCUT2D eigenvalue weighted by Gasteiger charge is -2.02. The maximum atomic E-state index is 11.0. The summed E-state index contributed by atoms with van der Waals surface area (Å²) >= 11 is 0. The van der Waals surface area contributed by atoms with Crippen LogP contribution >= 0.6 is 0 Å². The van der Waals surface area contributed by atoms with Gasteiger partial charge in [-0.2, -0.15) is 0 Å². The first-order valence-corrected chi connectivity index (χ1v) is 6.54. The summed E-state index contributed by atoms with van der Waals surface area (Å²) in [5, 5.41) is 8.44. The third-order valence-corrected chi connectivity index (χ3v) is 2.58. The highest BCUT2D eigenvalue weighted by Gasteiger charge is 2.00. The van der Waals surface area contributed by atoms with Crippen LogP contribution in [0.15, 0.2) is 0 Å². The van der Waals surface area contributed by atoms with E-state index in [9.17, 15) is 9.59 Å². The van der Waals surface area contributed by atoms with Crippen LogP contribution in [0.4, 0.5) is 0 Å². The molecule has 0 rings (SSSR count). The number of carboxylic acids is 1. The maximum Gasteiger partial charge on any atom is 0.305 e. The van der Waals surface area contributed by atoms with Crippen LogP contribution in [0.3, 0.4) is 0 Å². The van der Waals surface area contributed by atoms with E-state index >= 15 is 0 Å². The van der Waals surface area contributed by atoms with E-state index in [1.807, 2.05) is 6.92 Å². The molecule has 0 fully saturated rings. The summed E-state index contributed by atoms with van der Waals surface area (Å²) in [5.74, 6) is -0.812. The molecule has 0 aliphatic rings. The molecule has 100 valence electrons. The molecule has 0 aromatic carbocycles. The molecule has 0 aliphatic heterocycles. The molecule has 0 aromatic rings. The highest BCUT2D eigenvalue weighted by Crippen LogP contribution is 2.10. The summed E-state index contributed by atoms with van der Waals surface area (Å²) < 4.78 is 4.83. The van der Waals surface area contributed by atoms with Crippen molar-refractivity contribution in [3.63, 3.8) is 0 Å². The summed E-state index contributed by atoms with van der Waals surface area (Å²) in [5.41, 5.74) is 0. The van der Waals surface area contributed by atoms with E-state index < -0.39 is 5.97 Å². The molecule has 0 aromatic heterocycles. The van der Waals surface area contributed by atoms with Gasteiger partial charge in [0.05, 0.1) is 6.61 Å². The number of hydrogen-bond acceptors (Lipinski definition) is 3. The Morgan fingerprint density at radius 3 is 1.82 bits per heavy atom. The predicted molar refractivity (Wildman–Crippen MR) is 65.8 cm³/mol. The summed E-state index contributed by atoms with van der Waals surface area (Å²) in [4.78, 5) is 21.2. The van der Waals surface area contributed by atoms with Crippen LogP contribution in [-0.2, 0) is 14.3 Å². The van der Waals surface area contributed by atoms with Gasteiger partial charge in [0.2, 0.25) is 0 Å². The van der Waals surface area contributed by atoms with Gasteiger partial charge in [0, 0.05) is 12.8 Å². The molecule has 4 heteroatoms. The minimum absolute atomic E-state index is 0.103. The van der Waals surface area contributed by atoms with Gasteiger partial charge >= 0.3 is 11.9 Å². The van der Waals surface area contributed by atoms with Gasteiger partial charge in [-0.1, -0.05) is 32.1 Å². The maximum absolute atomic E-state index is 11.0. The molecule has 0 atom stereocenters. The van der Waals surface area contributed by atoms with Crippen LogP contribution in [0.1, 0.15) is 64.7 Å². The Morgan fingerprint density at radius 1 is 0.882 bits per heavy atom. The standard InChI is InChI=1S/C13H24O4/c1-2-17-13(16)11-9-7-5-3-4-6-8-10-12(14)15/h2-11H2,1H3,(H,14,15). The molecule has 0 saturated heterocycles. The van der Waals surface area contributed by atoms with Crippen molar-refractivity contribution >= 4 is 11.9 Å². The van der Waals surface area contributed by atoms with Crippen molar-refractivity contribution in [2.45, 2.75) is 64.7 Å². The summed E-state index contributed by atoms with van der Waals surface area (Å²) in [6.07, 6.45) is 7.85. The summed E-state index contributed by atoms with van der Waals surface area (Å²) in [6, 6.07) is 0. The molecular formula is C13H24O4. The van der Waals surface area contributed by atoms with E-state index in [-0.39, 0.29) is 12.4 Å². The van der Waals surface area contributed by atoms with E-state index in [0.29, 0.717) is 13.0 Å². The zero-order chi connectivity index (χ0) is 12.9. The summed E-state index contributed by atoms with van der Waals surface area (Å²) in [7, 11) is 0.